The minimum Gasteiger partial charge on any atom is -0.496 e. The average Bonchev–Trinajstić information content (AvgIpc) is 3.21. The zero-order chi connectivity index (χ0) is 19.7. The molecule has 1 aromatic heterocycles. The number of H-pyrrole nitrogens is 1. The molecular formula is C22H22N2O4. The summed E-state index contributed by atoms with van der Waals surface area (Å²) in [6.07, 6.45) is 0.809. The fraction of sp³-hybridized carbons (Fsp3) is 0.273. The Bertz CT molecular complexity index is 1070. The third-order valence-electron chi connectivity index (χ3n) is 5.33. The van der Waals surface area contributed by atoms with Gasteiger partial charge in [0.15, 0.2) is 0 Å². The van der Waals surface area contributed by atoms with Crippen LogP contribution in [0.15, 0.2) is 53.3 Å². The van der Waals surface area contributed by atoms with Gasteiger partial charge in [-0.3, -0.25) is 9.59 Å². The van der Waals surface area contributed by atoms with Gasteiger partial charge in [0.05, 0.1) is 19.8 Å². The molecule has 6 heteroatoms. The highest BCUT2D eigenvalue weighted by Gasteiger charge is 2.32. The van der Waals surface area contributed by atoms with Crippen molar-refractivity contribution in [3.8, 4) is 11.5 Å². The van der Waals surface area contributed by atoms with Gasteiger partial charge in [-0.1, -0.05) is 24.3 Å². The van der Waals surface area contributed by atoms with Crippen molar-refractivity contribution < 1.29 is 14.3 Å². The van der Waals surface area contributed by atoms with Crippen LogP contribution in [0, 0.1) is 0 Å². The van der Waals surface area contributed by atoms with Crippen molar-refractivity contribution in [2.75, 3.05) is 27.3 Å². The Kier molecular flexibility index (Phi) is 4.77. The number of amides is 1. The number of fused-ring (bicyclic) bond motifs is 1. The maximum absolute atomic E-state index is 13.2. The Labute approximate surface area is 162 Å². The summed E-state index contributed by atoms with van der Waals surface area (Å²) in [6, 6.07) is 14.5. The predicted molar refractivity (Wildman–Crippen MR) is 107 cm³/mol. The molecule has 4 rings (SSSR count). The lowest BCUT2D eigenvalue weighted by atomic mass is 9.96. The van der Waals surface area contributed by atoms with Gasteiger partial charge in [0.25, 0.3) is 5.91 Å². The first-order valence-corrected chi connectivity index (χ1v) is 9.24. The second-order valence-corrected chi connectivity index (χ2v) is 6.91. The Balaban J connectivity index is 1.66. The molecule has 1 aliphatic rings. The van der Waals surface area contributed by atoms with Crippen molar-refractivity contribution in [3.05, 3.63) is 70.0 Å². The van der Waals surface area contributed by atoms with Gasteiger partial charge in [-0.05, 0) is 24.6 Å². The van der Waals surface area contributed by atoms with Gasteiger partial charge in [0, 0.05) is 41.5 Å². The van der Waals surface area contributed by atoms with Crippen LogP contribution >= 0.6 is 0 Å². The number of nitrogens with zero attached hydrogens (tertiary/aromatic N) is 1. The number of ether oxygens (including phenoxy) is 2. The molecule has 1 N–H and O–H groups in total. The van der Waals surface area contributed by atoms with Crippen LogP contribution in [0.3, 0.4) is 0 Å². The van der Waals surface area contributed by atoms with Crippen molar-refractivity contribution >= 4 is 16.8 Å². The summed E-state index contributed by atoms with van der Waals surface area (Å²) < 4.78 is 11.1. The Morgan fingerprint density at radius 3 is 2.50 bits per heavy atom. The van der Waals surface area contributed by atoms with Gasteiger partial charge in [0.1, 0.15) is 11.5 Å². The number of rotatable bonds is 4. The number of nitrogens with one attached hydrogen (secondary N) is 1. The van der Waals surface area contributed by atoms with E-state index in [0.717, 1.165) is 28.9 Å². The number of hydrogen-bond donors (Lipinski definition) is 1. The van der Waals surface area contributed by atoms with Crippen molar-refractivity contribution in [2.24, 2.45) is 0 Å². The number of pyridine rings is 1. The molecule has 1 saturated heterocycles. The standard InChI is InChI=1S/C22H22N2O4/c1-27-18-8-5-9-19(28-2)21(18)14-10-11-24(13-14)22(26)16-12-20(25)23-17-7-4-3-6-15(16)17/h3-9,12,14H,10-11,13H2,1-2H3,(H,23,25). The summed E-state index contributed by atoms with van der Waals surface area (Å²) in [5.74, 6) is 1.52. The zero-order valence-corrected chi connectivity index (χ0v) is 15.9. The predicted octanol–water partition coefficient (Wildman–Crippen LogP) is 3.18. The lowest BCUT2D eigenvalue weighted by molar-refractivity contribution is 0.0792. The van der Waals surface area contributed by atoms with E-state index in [9.17, 15) is 9.59 Å². The molecule has 0 aliphatic carbocycles. The van der Waals surface area contributed by atoms with Gasteiger partial charge < -0.3 is 19.4 Å². The summed E-state index contributed by atoms with van der Waals surface area (Å²) in [6.45, 7) is 1.17. The maximum atomic E-state index is 13.2. The topological polar surface area (TPSA) is 71.6 Å². The summed E-state index contributed by atoms with van der Waals surface area (Å²) in [5, 5.41) is 0.755. The van der Waals surface area contributed by atoms with Gasteiger partial charge in [-0.15, -0.1) is 0 Å². The summed E-state index contributed by atoms with van der Waals surface area (Å²) >= 11 is 0. The number of carbonyl (C=O) groups is 1. The van der Waals surface area contributed by atoms with E-state index in [4.69, 9.17) is 9.47 Å². The van der Waals surface area contributed by atoms with E-state index in [1.165, 1.54) is 6.07 Å². The molecule has 0 bridgehead atoms. The van der Waals surface area contributed by atoms with E-state index >= 15 is 0 Å². The number of methoxy groups -OCH3 is 2. The van der Waals surface area contributed by atoms with Crippen molar-refractivity contribution in [3.63, 3.8) is 0 Å². The molecule has 3 aromatic rings. The molecule has 1 unspecified atom stereocenters. The number of carbonyl (C=O) groups excluding carboxylic acids is 1. The second-order valence-electron chi connectivity index (χ2n) is 6.91. The van der Waals surface area contributed by atoms with Gasteiger partial charge in [-0.25, -0.2) is 0 Å². The van der Waals surface area contributed by atoms with E-state index < -0.39 is 0 Å². The molecule has 1 aliphatic heterocycles. The molecular weight excluding hydrogens is 356 g/mol. The molecule has 0 saturated carbocycles. The number of aromatic nitrogens is 1. The van der Waals surface area contributed by atoms with Crippen LogP contribution in [0.2, 0.25) is 0 Å². The fourth-order valence-electron chi connectivity index (χ4n) is 4.01. The SMILES string of the molecule is COc1cccc(OC)c1C1CCN(C(=O)c2cc(=O)[nH]c3ccccc23)C1. The minimum atomic E-state index is -0.274. The quantitative estimate of drug-likeness (QED) is 0.757. The molecule has 144 valence electrons. The van der Waals surface area contributed by atoms with Crippen molar-refractivity contribution in [1.29, 1.82) is 0 Å². The van der Waals surface area contributed by atoms with E-state index in [1.807, 2.05) is 36.4 Å². The Morgan fingerprint density at radius 1 is 1.07 bits per heavy atom. The maximum Gasteiger partial charge on any atom is 0.254 e. The first kappa shape index (κ1) is 18.1. The first-order chi connectivity index (χ1) is 13.6. The monoisotopic (exact) mass is 378 g/mol. The van der Waals surface area contributed by atoms with Crippen LogP contribution < -0.4 is 15.0 Å². The van der Waals surface area contributed by atoms with Crippen LogP contribution in [0.5, 0.6) is 11.5 Å². The van der Waals surface area contributed by atoms with Gasteiger partial charge in [-0.2, -0.15) is 0 Å². The number of hydrogen-bond acceptors (Lipinski definition) is 4. The van der Waals surface area contributed by atoms with E-state index in [-0.39, 0.29) is 17.4 Å². The minimum absolute atomic E-state index is 0.114. The largest absolute Gasteiger partial charge is 0.496 e. The third-order valence-corrected chi connectivity index (χ3v) is 5.33. The van der Waals surface area contributed by atoms with Gasteiger partial charge in [0.2, 0.25) is 5.56 Å². The average molecular weight is 378 g/mol. The smallest absolute Gasteiger partial charge is 0.254 e. The highest BCUT2D eigenvalue weighted by molar-refractivity contribution is 6.06. The van der Waals surface area contributed by atoms with Crippen molar-refractivity contribution in [1.82, 2.24) is 9.88 Å². The molecule has 0 radical (unpaired) electrons. The van der Waals surface area contributed by atoms with E-state index in [1.54, 1.807) is 25.2 Å². The van der Waals surface area contributed by atoms with E-state index in [2.05, 4.69) is 4.98 Å². The lowest BCUT2D eigenvalue weighted by Gasteiger charge is -2.20. The summed E-state index contributed by atoms with van der Waals surface area (Å²) in [4.78, 5) is 29.8. The van der Waals surface area contributed by atoms with E-state index in [0.29, 0.717) is 24.2 Å². The second kappa shape index (κ2) is 7.38. The number of benzene rings is 2. The van der Waals surface area contributed by atoms with Crippen LogP contribution in [-0.2, 0) is 0 Å². The van der Waals surface area contributed by atoms with Crippen LogP contribution in [0.25, 0.3) is 10.9 Å². The molecule has 2 aromatic carbocycles. The fourth-order valence-corrected chi connectivity index (χ4v) is 4.01. The number of aromatic amines is 1. The van der Waals surface area contributed by atoms with Crippen LogP contribution in [-0.4, -0.2) is 43.1 Å². The highest BCUT2D eigenvalue weighted by Crippen LogP contribution is 2.40. The molecule has 1 fully saturated rings. The first-order valence-electron chi connectivity index (χ1n) is 9.24. The molecule has 0 spiro atoms. The lowest BCUT2D eigenvalue weighted by Crippen LogP contribution is -2.29. The van der Waals surface area contributed by atoms with Crippen LogP contribution in [0.4, 0.5) is 0 Å². The molecule has 28 heavy (non-hydrogen) atoms. The summed E-state index contributed by atoms with van der Waals surface area (Å²) in [7, 11) is 3.27. The molecule has 1 amide bonds. The zero-order valence-electron chi connectivity index (χ0n) is 15.9. The molecule has 1 atom stereocenters. The number of likely N-dealkylation sites (tertiary alicyclic amines) is 1. The Morgan fingerprint density at radius 2 is 1.79 bits per heavy atom. The molecule has 2 heterocycles. The van der Waals surface area contributed by atoms with Gasteiger partial charge >= 0.3 is 0 Å². The van der Waals surface area contributed by atoms with Crippen molar-refractivity contribution in [2.45, 2.75) is 12.3 Å². The van der Waals surface area contributed by atoms with Crippen LogP contribution in [0.1, 0.15) is 28.3 Å². The Hall–Kier alpha value is -3.28. The summed E-state index contributed by atoms with van der Waals surface area (Å²) in [5.41, 5.74) is 1.82. The molecule has 6 nitrogen and oxygen atoms in total. The normalized spacial score (nSPS) is 16.4. The highest BCUT2D eigenvalue weighted by atomic mass is 16.5. The number of para-hydroxylation sites is 1. The third kappa shape index (κ3) is 3.11.